The lowest BCUT2D eigenvalue weighted by Gasteiger charge is -2.32. The Balaban J connectivity index is 0.00000158. The van der Waals surface area contributed by atoms with Crippen LogP contribution in [0.5, 0.6) is 0 Å². The van der Waals surface area contributed by atoms with Gasteiger partial charge in [0, 0.05) is 19.8 Å². The number of nitrogens with one attached hydrogen (secondary N) is 1. The van der Waals surface area contributed by atoms with Crippen molar-refractivity contribution < 1.29 is 14.3 Å². The van der Waals surface area contributed by atoms with Crippen molar-refractivity contribution >= 4 is 23.2 Å². The molecule has 1 aromatic heterocycles. The summed E-state index contributed by atoms with van der Waals surface area (Å²) in [6, 6.07) is 7.05. The molecule has 0 saturated carbocycles. The predicted molar refractivity (Wildman–Crippen MR) is 136 cm³/mol. The second kappa shape index (κ2) is 12.4. The van der Waals surface area contributed by atoms with Crippen molar-refractivity contribution in [3.05, 3.63) is 41.0 Å². The number of thiazole rings is 1. The monoisotopic (exact) mass is 486 g/mol. The van der Waals surface area contributed by atoms with Gasteiger partial charge in [-0.25, -0.2) is 4.98 Å². The SMILES string of the molecule is CC.Cc1ncsc1-c1ccc(C(C)NC(=O)C2CCCN2C(=O)C(N)C2CCOCC2)cc1. The van der Waals surface area contributed by atoms with Crippen LogP contribution in [0.3, 0.4) is 0 Å². The molecule has 4 rings (SSSR count). The molecule has 0 radical (unpaired) electrons. The van der Waals surface area contributed by atoms with Crippen LogP contribution in [-0.2, 0) is 14.3 Å². The van der Waals surface area contributed by atoms with Gasteiger partial charge in [-0.3, -0.25) is 9.59 Å². The summed E-state index contributed by atoms with van der Waals surface area (Å²) >= 11 is 1.62. The van der Waals surface area contributed by atoms with Crippen molar-refractivity contribution in [1.29, 1.82) is 0 Å². The van der Waals surface area contributed by atoms with E-state index in [2.05, 4.69) is 22.4 Å². The van der Waals surface area contributed by atoms with E-state index in [1.165, 1.54) is 0 Å². The number of likely N-dealkylation sites (tertiary alicyclic amines) is 1. The van der Waals surface area contributed by atoms with Crippen molar-refractivity contribution in [2.45, 2.75) is 71.5 Å². The van der Waals surface area contributed by atoms with Crippen LogP contribution in [0.1, 0.15) is 63.8 Å². The van der Waals surface area contributed by atoms with Crippen molar-refractivity contribution in [1.82, 2.24) is 15.2 Å². The largest absolute Gasteiger partial charge is 0.381 e. The first-order valence-corrected chi connectivity index (χ1v) is 13.3. The molecule has 2 aliphatic heterocycles. The van der Waals surface area contributed by atoms with E-state index in [0.717, 1.165) is 41.0 Å². The van der Waals surface area contributed by atoms with E-state index in [-0.39, 0.29) is 23.8 Å². The van der Waals surface area contributed by atoms with E-state index >= 15 is 0 Å². The number of carbonyl (C=O) groups is 2. The molecule has 2 fully saturated rings. The Bertz CT molecular complexity index is 940. The Hall–Kier alpha value is -2.29. The highest BCUT2D eigenvalue weighted by Crippen LogP contribution is 2.29. The quantitative estimate of drug-likeness (QED) is 0.642. The van der Waals surface area contributed by atoms with Gasteiger partial charge >= 0.3 is 0 Å². The topological polar surface area (TPSA) is 97.6 Å². The van der Waals surface area contributed by atoms with Crippen LogP contribution in [0.2, 0.25) is 0 Å². The first-order valence-electron chi connectivity index (χ1n) is 12.4. The van der Waals surface area contributed by atoms with Crippen LogP contribution >= 0.6 is 11.3 Å². The third kappa shape index (κ3) is 6.03. The number of benzene rings is 1. The molecule has 2 aliphatic rings. The maximum absolute atomic E-state index is 13.1. The van der Waals surface area contributed by atoms with E-state index in [9.17, 15) is 9.59 Å². The normalized spacial score (nSPS) is 20.3. The van der Waals surface area contributed by atoms with Gasteiger partial charge in [-0.1, -0.05) is 38.1 Å². The van der Waals surface area contributed by atoms with Gasteiger partial charge in [0.1, 0.15) is 6.04 Å². The summed E-state index contributed by atoms with van der Waals surface area (Å²) in [6.45, 7) is 9.86. The number of hydrogen-bond acceptors (Lipinski definition) is 6. The molecule has 3 atom stereocenters. The fraction of sp³-hybridized carbons (Fsp3) is 0.577. The van der Waals surface area contributed by atoms with Gasteiger partial charge in [-0.2, -0.15) is 0 Å². The molecule has 8 heteroatoms. The molecular formula is C26H38N4O3S. The zero-order chi connectivity index (χ0) is 24.7. The highest BCUT2D eigenvalue weighted by molar-refractivity contribution is 7.13. The van der Waals surface area contributed by atoms with Crippen LogP contribution in [-0.4, -0.2) is 53.5 Å². The Morgan fingerprint density at radius 2 is 1.85 bits per heavy atom. The number of hydrogen-bond donors (Lipinski definition) is 2. The highest BCUT2D eigenvalue weighted by Gasteiger charge is 2.38. The number of carbonyl (C=O) groups excluding carboxylic acids is 2. The minimum Gasteiger partial charge on any atom is -0.381 e. The van der Waals surface area contributed by atoms with Gasteiger partial charge in [0.25, 0.3) is 0 Å². The fourth-order valence-corrected chi connectivity index (χ4v) is 5.48. The third-order valence-electron chi connectivity index (χ3n) is 6.67. The first-order chi connectivity index (χ1) is 16.5. The molecule has 0 spiro atoms. The number of nitrogens with two attached hydrogens (primary N) is 1. The van der Waals surface area contributed by atoms with E-state index in [1.807, 2.05) is 45.3 Å². The average Bonchev–Trinajstić information content (AvgIpc) is 3.54. The maximum Gasteiger partial charge on any atom is 0.243 e. The number of aromatic nitrogens is 1. The Morgan fingerprint density at radius 1 is 1.18 bits per heavy atom. The summed E-state index contributed by atoms with van der Waals surface area (Å²) in [5.41, 5.74) is 11.3. The highest BCUT2D eigenvalue weighted by atomic mass is 32.1. The lowest BCUT2D eigenvalue weighted by molar-refractivity contribution is -0.141. The summed E-state index contributed by atoms with van der Waals surface area (Å²) in [4.78, 5) is 33.3. The molecule has 1 aromatic carbocycles. The van der Waals surface area contributed by atoms with E-state index in [1.54, 1.807) is 16.2 Å². The van der Waals surface area contributed by atoms with Gasteiger partial charge in [0.05, 0.1) is 28.2 Å². The van der Waals surface area contributed by atoms with E-state index in [4.69, 9.17) is 10.5 Å². The molecule has 2 saturated heterocycles. The number of aryl methyl sites for hydroxylation is 1. The van der Waals surface area contributed by atoms with Crippen LogP contribution < -0.4 is 11.1 Å². The lowest BCUT2D eigenvalue weighted by atomic mass is 9.91. The molecule has 0 bridgehead atoms. The molecule has 2 amide bonds. The van der Waals surface area contributed by atoms with Crippen molar-refractivity contribution in [3.8, 4) is 10.4 Å². The van der Waals surface area contributed by atoms with Gasteiger partial charge in [-0.15, -0.1) is 11.3 Å². The molecule has 0 aliphatic carbocycles. The van der Waals surface area contributed by atoms with E-state index < -0.39 is 12.1 Å². The number of rotatable bonds is 6. The molecule has 3 heterocycles. The number of ether oxygens (including phenoxy) is 1. The molecule has 34 heavy (non-hydrogen) atoms. The summed E-state index contributed by atoms with van der Waals surface area (Å²) in [5.74, 6) is -0.0865. The first kappa shape index (κ1) is 26.3. The molecule has 7 nitrogen and oxygen atoms in total. The molecule has 186 valence electrons. The van der Waals surface area contributed by atoms with Crippen molar-refractivity contribution in [2.75, 3.05) is 19.8 Å². The zero-order valence-electron chi connectivity index (χ0n) is 20.8. The minimum atomic E-state index is -0.563. The summed E-state index contributed by atoms with van der Waals surface area (Å²) in [5, 5.41) is 3.10. The Labute approximate surface area is 207 Å². The second-order valence-corrected chi connectivity index (χ2v) is 9.64. The third-order valence-corrected chi connectivity index (χ3v) is 7.65. The van der Waals surface area contributed by atoms with Crippen LogP contribution in [0.4, 0.5) is 0 Å². The van der Waals surface area contributed by atoms with Gasteiger partial charge in [0.15, 0.2) is 0 Å². The number of amides is 2. The summed E-state index contributed by atoms with van der Waals surface area (Å²) in [7, 11) is 0. The smallest absolute Gasteiger partial charge is 0.243 e. The lowest BCUT2D eigenvalue weighted by Crippen LogP contribution is -2.54. The predicted octanol–water partition coefficient (Wildman–Crippen LogP) is 4.07. The second-order valence-electron chi connectivity index (χ2n) is 8.78. The summed E-state index contributed by atoms with van der Waals surface area (Å²) in [6.07, 6.45) is 3.09. The van der Waals surface area contributed by atoms with Crippen molar-refractivity contribution in [2.24, 2.45) is 11.7 Å². The zero-order valence-corrected chi connectivity index (χ0v) is 21.6. The van der Waals surface area contributed by atoms with Crippen molar-refractivity contribution in [3.63, 3.8) is 0 Å². The maximum atomic E-state index is 13.1. The van der Waals surface area contributed by atoms with Crippen LogP contribution in [0.15, 0.2) is 29.8 Å². The molecule has 2 aromatic rings. The standard InChI is InChI=1S/C24H32N4O3S.C2H6/c1-15(17-5-7-19(8-6-17)22-16(2)26-14-32-22)27-23(29)20-4-3-11-28(20)24(30)21(25)18-9-12-31-13-10-18;1-2/h5-8,14-15,18,20-21H,3-4,9-13,25H2,1-2H3,(H,27,29);1-2H3. The van der Waals surface area contributed by atoms with Crippen LogP contribution in [0.25, 0.3) is 10.4 Å². The average molecular weight is 487 g/mol. The van der Waals surface area contributed by atoms with Gasteiger partial charge < -0.3 is 20.7 Å². The Morgan fingerprint density at radius 3 is 2.47 bits per heavy atom. The molecular weight excluding hydrogens is 448 g/mol. The number of nitrogens with zero attached hydrogens (tertiary/aromatic N) is 2. The Kier molecular flexibility index (Phi) is 9.62. The summed E-state index contributed by atoms with van der Waals surface area (Å²) < 4.78 is 5.39. The van der Waals surface area contributed by atoms with Gasteiger partial charge in [0.2, 0.25) is 11.8 Å². The molecule has 3 unspecified atom stereocenters. The van der Waals surface area contributed by atoms with Crippen LogP contribution in [0, 0.1) is 12.8 Å². The van der Waals surface area contributed by atoms with Gasteiger partial charge in [-0.05, 0) is 56.6 Å². The van der Waals surface area contributed by atoms with E-state index in [0.29, 0.717) is 26.2 Å². The molecule has 3 N–H and O–H groups in total. The minimum absolute atomic E-state index is 0.105. The fourth-order valence-electron chi connectivity index (χ4n) is 4.67.